The summed E-state index contributed by atoms with van der Waals surface area (Å²) in [5, 5.41) is 2.08. The fraction of sp³-hybridized carbons (Fsp3) is 0.478. The third-order valence-corrected chi connectivity index (χ3v) is 6.73. The van der Waals surface area contributed by atoms with E-state index in [-0.39, 0.29) is 30.4 Å². The number of benzene rings is 1. The van der Waals surface area contributed by atoms with Crippen molar-refractivity contribution in [3.63, 3.8) is 0 Å². The Balaban J connectivity index is 1.79. The second-order valence-corrected chi connectivity index (χ2v) is 8.63. The molecule has 29 heavy (non-hydrogen) atoms. The van der Waals surface area contributed by atoms with Crippen molar-refractivity contribution in [1.29, 1.82) is 0 Å². The third-order valence-electron chi connectivity index (χ3n) is 5.74. The highest BCUT2D eigenvalue weighted by molar-refractivity contribution is 7.10. The molecule has 0 spiro atoms. The van der Waals surface area contributed by atoms with Gasteiger partial charge in [-0.2, -0.15) is 0 Å². The lowest BCUT2D eigenvalue weighted by Crippen LogP contribution is -2.49. The van der Waals surface area contributed by atoms with Crippen LogP contribution in [0.2, 0.25) is 0 Å². The molecule has 2 atom stereocenters. The van der Waals surface area contributed by atoms with E-state index in [1.807, 2.05) is 49.9 Å². The SMILES string of the molecule is CC[C@H](C)N(CC(=O)N1CCc2sccc2[C@H]1COc1ccccc1C)C(C)=O. The Labute approximate surface area is 177 Å². The van der Waals surface area contributed by atoms with E-state index >= 15 is 0 Å². The molecule has 0 N–H and O–H groups in total. The first-order valence-electron chi connectivity index (χ1n) is 10.2. The third kappa shape index (κ3) is 4.81. The molecule has 1 aromatic heterocycles. The van der Waals surface area contributed by atoms with E-state index in [1.165, 1.54) is 17.4 Å². The van der Waals surface area contributed by atoms with E-state index in [9.17, 15) is 9.59 Å². The van der Waals surface area contributed by atoms with E-state index < -0.39 is 0 Å². The molecule has 0 saturated carbocycles. The molecule has 5 nitrogen and oxygen atoms in total. The molecule has 0 saturated heterocycles. The van der Waals surface area contributed by atoms with Crippen LogP contribution in [0.25, 0.3) is 0 Å². The molecular weight excluding hydrogens is 384 g/mol. The maximum atomic E-state index is 13.2. The van der Waals surface area contributed by atoms with Gasteiger partial charge in [-0.15, -0.1) is 11.3 Å². The summed E-state index contributed by atoms with van der Waals surface area (Å²) in [7, 11) is 0. The van der Waals surface area contributed by atoms with Crippen LogP contribution in [-0.4, -0.2) is 47.4 Å². The average molecular weight is 415 g/mol. The van der Waals surface area contributed by atoms with Crippen LogP contribution >= 0.6 is 11.3 Å². The Morgan fingerprint density at radius 2 is 2.07 bits per heavy atom. The minimum atomic E-state index is -0.136. The number of amides is 2. The number of para-hydroxylation sites is 1. The van der Waals surface area contributed by atoms with E-state index in [0.29, 0.717) is 13.2 Å². The summed E-state index contributed by atoms with van der Waals surface area (Å²) in [5.74, 6) is 0.761. The number of rotatable bonds is 7. The highest BCUT2D eigenvalue weighted by Crippen LogP contribution is 2.34. The summed E-state index contributed by atoms with van der Waals surface area (Å²) in [6, 6.07) is 9.93. The molecule has 2 heterocycles. The Hall–Kier alpha value is -2.34. The first-order valence-corrected chi connectivity index (χ1v) is 11.1. The van der Waals surface area contributed by atoms with Gasteiger partial charge in [-0.1, -0.05) is 25.1 Å². The van der Waals surface area contributed by atoms with Gasteiger partial charge in [-0.3, -0.25) is 9.59 Å². The quantitative estimate of drug-likeness (QED) is 0.682. The van der Waals surface area contributed by atoms with Gasteiger partial charge in [0.2, 0.25) is 11.8 Å². The predicted octanol–water partition coefficient (Wildman–Crippen LogP) is 4.21. The highest BCUT2D eigenvalue weighted by atomic mass is 32.1. The largest absolute Gasteiger partial charge is 0.491 e. The van der Waals surface area contributed by atoms with Crippen molar-refractivity contribution in [3.05, 3.63) is 51.7 Å². The first-order chi connectivity index (χ1) is 13.9. The van der Waals surface area contributed by atoms with Crippen molar-refractivity contribution in [3.8, 4) is 5.75 Å². The minimum absolute atomic E-state index is 0.0178. The van der Waals surface area contributed by atoms with Gasteiger partial charge in [0, 0.05) is 24.4 Å². The normalized spacial score (nSPS) is 16.8. The molecule has 0 bridgehead atoms. The molecule has 1 aliphatic rings. The van der Waals surface area contributed by atoms with Gasteiger partial charge in [-0.05, 0) is 55.3 Å². The van der Waals surface area contributed by atoms with E-state index in [1.54, 1.807) is 16.2 Å². The zero-order valence-corrected chi connectivity index (χ0v) is 18.5. The summed E-state index contributed by atoms with van der Waals surface area (Å²) < 4.78 is 6.13. The lowest BCUT2D eigenvalue weighted by molar-refractivity contribution is -0.143. The van der Waals surface area contributed by atoms with Crippen molar-refractivity contribution in [2.24, 2.45) is 0 Å². The smallest absolute Gasteiger partial charge is 0.242 e. The monoisotopic (exact) mass is 414 g/mol. The Morgan fingerprint density at radius 3 is 2.76 bits per heavy atom. The van der Waals surface area contributed by atoms with Gasteiger partial charge in [0.05, 0.1) is 12.6 Å². The molecule has 1 aliphatic heterocycles. The molecule has 2 amide bonds. The summed E-state index contributed by atoms with van der Waals surface area (Å²) in [6.07, 6.45) is 1.67. The summed E-state index contributed by atoms with van der Waals surface area (Å²) in [4.78, 5) is 30.2. The fourth-order valence-corrected chi connectivity index (χ4v) is 4.72. The number of fused-ring (bicyclic) bond motifs is 1. The Kier molecular flexibility index (Phi) is 6.96. The minimum Gasteiger partial charge on any atom is -0.491 e. The van der Waals surface area contributed by atoms with Gasteiger partial charge in [0.1, 0.15) is 12.4 Å². The van der Waals surface area contributed by atoms with Crippen LogP contribution in [0.4, 0.5) is 0 Å². The molecular formula is C23H30N2O3S. The van der Waals surface area contributed by atoms with Crippen LogP contribution in [0.1, 0.15) is 49.2 Å². The van der Waals surface area contributed by atoms with Crippen LogP contribution in [0.5, 0.6) is 5.75 Å². The van der Waals surface area contributed by atoms with Crippen LogP contribution in [-0.2, 0) is 16.0 Å². The number of carbonyl (C=O) groups excluding carboxylic acids is 2. The summed E-state index contributed by atoms with van der Waals surface area (Å²) in [6.45, 7) is 8.75. The van der Waals surface area contributed by atoms with Crippen LogP contribution in [0, 0.1) is 6.92 Å². The van der Waals surface area contributed by atoms with Crippen molar-refractivity contribution < 1.29 is 14.3 Å². The Bertz CT molecular complexity index is 863. The van der Waals surface area contributed by atoms with E-state index in [0.717, 1.165) is 24.2 Å². The molecule has 1 aromatic carbocycles. The number of hydrogen-bond donors (Lipinski definition) is 0. The second-order valence-electron chi connectivity index (χ2n) is 7.63. The number of carbonyl (C=O) groups is 2. The van der Waals surface area contributed by atoms with Gasteiger partial charge in [0.15, 0.2) is 0 Å². The van der Waals surface area contributed by atoms with Gasteiger partial charge < -0.3 is 14.5 Å². The van der Waals surface area contributed by atoms with Crippen LogP contribution < -0.4 is 4.74 Å². The van der Waals surface area contributed by atoms with Crippen molar-refractivity contribution >= 4 is 23.2 Å². The van der Waals surface area contributed by atoms with Gasteiger partial charge in [0.25, 0.3) is 0 Å². The van der Waals surface area contributed by atoms with Gasteiger partial charge >= 0.3 is 0 Å². The lowest BCUT2D eigenvalue weighted by Gasteiger charge is -2.38. The highest BCUT2D eigenvalue weighted by Gasteiger charge is 2.33. The van der Waals surface area contributed by atoms with Crippen molar-refractivity contribution in [2.45, 2.75) is 52.6 Å². The molecule has 0 fully saturated rings. The zero-order chi connectivity index (χ0) is 21.0. The maximum Gasteiger partial charge on any atom is 0.242 e. The molecule has 2 aromatic rings. The lowest BCUT2D eigenvalue weighted by atomic mass is 10.00. The maximum absolute atomic E-state index is 13.2. The topological polar surface area (TPSA) is 49.9 Å². The Morgan fingerprint density at radius 1 is 1.31 bits per heavy atom. The molecule has 0 radical (unpaired) electrons. The molecule has 6 heteroatoms. The standard InChI is InChI=1S/C23H30N2O3S/c1-5-17(3)25(18(4)26)14-23(27)24-12-10-22-19(11-13-29-22)20(24)15-28-21-9-7-6-8-16(21)2/h6-9,11,13,17,20H,5,10,12,14-15H2,1-4H3/t17-,20+/m0/s1. The number of aryl methyl sites for hydroxylation is 1. The second kappa shape index (κ2) is 9.44. The molecule has 3 rings (SSSR count). The average Bonchev–Trinajstić information content (AvgIpc) is 3.19. The molecule has 156 valence electrons. The number of nitrogens with zero attached hydrogens (tertiary/aromatic N) is 2. The van der Waals surface area contributed by atoms with Gasteiger partial charge in [-0.25, -0.2) is 0 Å². The summed E-state index contributed by atoms with van der Waals surface area (Å²) >= 11 is 1.74. The predicted molar refractivity (Wildman–Crippen MR) is 116 cm³/mol. The van der Waals surface area contributed by atoms with Crippen molar-refractivity contribution in [2.75, 3.05) is 19.7 Å². The zero-order valence-electron chi connectivity index (χ0n) is 17.7. The van der Waals surface area contributed by atoms with E-state index in [2.05, 4.69) is 11.4 Å². The first kappa shape index (κ1) is 21.4. The fourth-order valence-electron chi connectivity index (χ4n) is 3.80. The number of ether oxygens (including phenoxy) is 1. The molecule has 0 aliphatic carbocycles. The van der Waals surface area contributed by atoms with E-state index in [4.69, 9.17) is 4.74 Å². The number of hydrogen-bond acceptors (Lipinski definition) is 4. The molecule has 0 unspecified atom stereocenters. The van der Waals surface area contributed by atoms with Crippen LogP contribution in [0.15, 0.2) is 35.7 Å². The van der Waals surface area contributed by atoms with Crippen molar-refractivity contribution in [1.82, 2.24) is 9.80 Å². The number of thiophene rings is 1. The van der Waals surface area contributed by atoms with Crippen LogP contribution in [0.3, 0.4) is 0 Å². The summed E-state index contributed by atoms with van der Waals surface area (Å²) in [5.41, 5.74) is 2.24.